The van der Waals surface area contributed by atoms with E-state index < -0.39 is 35.0 Å². The van der Waals surface area contributed by atoms with Gasteiger partial charge in [-0.05, 0) is 0 Å². The fourth-order valence-electron chi connectivity index (χ4n) is 1.75. The number of hydrogen-bond donors (Lipinski definition) is 0. The summed E-state index contributed by atoms with van der Waals surface area (Å²) in [5, 5.41) is 3.12. The summed E-state index contributed by atoms with van der Waals surface area (Å²) in [5.74, 6) is 0. The zero-order valence-corrected chi connectivity index (χ0v) is 22.3. The topological polar surface area (TPSA) is 0 Å². The van der Waals surface area contributed by atoms with Crippen LogP contribution in [-0.2, 0) is 18.9 Å². The molecule has 0 bridgehead atoms. The van der Waals surface area contributed by atoms with Gasteiger partial charge in [0.15, 0.2) is 0 Å². The molecule has 2 rings (SSSR count). The van der Waals surface area contributed by atoms with E-state index in [0.29, 0.717) is 0 Å². The fraction of sp³-hybridized carbons (Fsp3) is 0.421. The molecule has 136 valence electrons. The van der Waals surface area contributed by atoms with Crippen molar-refractivity contribution in [2.24, 2.45) is 0 Å². The summed E-state index contributed by atoms with van der Waals surface area (Å²) in [6, 6.07) is 17.4. The molecule has 0 N–H and O–H groups in total. The predicted molar refractivity (Wildman–Crippen MR) is 118 cm³/mol. The molecule has 2 aromatic carbocycles. The van der Waals surface area contributed by atoms with Gasteiger partial charge in [-0.1, -0.05) is 39.3 Å². The van der Waals surface area contributed by atoms with Gasteiger partial charge in [-0.25, -0.2) is 22.5 Å². The Morgan fingerprint density at radius 2 is 1.08 bits per heavy atom. The maximum absolute atomic E-state index is 5.54. The Morgan fingerprint density at radius 1 is 0.792 bits per heavy atom. The average Bonchev–Trinajstić information content (AvgIpc) is 3.12. The zero-order chi connectivity index (χ0) is 19.0. The first kappa shape index (κ1) is 24.5. The third-order valence-corrected chi connectivity index (χ3v) is 13.9. The molecular formula is C19H32Cl2Si2Zr-2. The Balaban J connectivity index is 0.000000340. The van der Waals surface area contributed by atoms with Crippen molar-refractivity contribution in [2.75, 3.05) is 0 Å². The van der Waals surface area contributed by atoms with Gasteiger partial charge in [0, 0.05) is 16.1 Å². The number of halogens is 2. The van der Waals surface area contributed by atoms with Crippen LogP contribution in [0.2, 0.25) is 39.3 Å². The van der Waals surface area contributed by atoms with Crippen molar-refractivity contribution in [3.05, 3.63) is 48.5 Å². The van der Waals surface area contributed by atoms with E-state index in [1.54, 1.807) is 10.4 Å². The summed E-state index contributed by atoms with van der Waals surface area (Å²) in [6.45, 7) is 18.1. The van der Waals surface area contributed by atoms with Gasteiger partial charge < -0.3 is 0 Å². The van der Waals surface area contributed by atoms with Gasteiger partial charge in [-0.2, -0.15) is 36.4 Å². The Hall–Kier alpha value is 0.467. The molecule has 0 saturated heterocycles. The molecule has 0 aliphatic rings. The molecule has 0 fully saturated rings. The van der Waals surface area contributed by atoms with Crippen molar-refractivity contribution in [3.8, 4) is 0 Å². The molecule has 0 aromatic heterocycles. The molecular weight excluding hydrogens is 447 g/mol. The zero-order valence-electron chi connectivity index (χ0n) is 16.4. The third-order valence-electron chi connectivity index (χ3n) is 3.44. The van der Waals surface area contributed by atoms with E-state index in [-0.39, 0.29) is 0 Å². The summed E-state index contributed by atoms with van der Waals surface area (Å²) >= 11 is -1.84. The van der Waals surface area contributed by atoms with Gasteiger partial charge in [0.25, 0.3) is 0 Å². The second-order valence-corrected chi connectivity index (χ2v) is 27.6. The molecule has 0 saturated carbocycles. The summed E-state index contributed by atoms with van der Waals surface area (Å²) < 4.78 is 1.24. The second-order valence-electron chi connectivity index (χ2n) is 8.11. The second kappa shape index (κ2) is 11.2. The number of hydrogen-bond acceptors (Lipinski definition) is 0. The fourth-order valence-corrected chi connectivity index (χ4v) is 4.13. The molecule has 2 aromatic rings. The first-order valence-corrected chi connectivity index (χ1v) is 22.8. The van der Waals surface area contributed by atoms with E-state index in [9.17, 15) is 0 Å². The molecule has 0 aliphatic heterocycles. The van der Waals surface area contributed by atoms with Crippen LogP contribution in [0.15, 0.2) is 48.5 Å². The first-order chi connectivity index (χ1) is 10.9. The van der Waals surface area contributed by atoms with E-state index in [1.165, 1.54) is 3.21 Å². The molecule has 0 unspecified atom stereocenters. The Morgan fingerprint density at radius 3 is 1.17 bits per heavy atom. The summed E-state index contributed by atoms with van der Waals surface area (Å²) in [4.78, 5) is 0. The predicted octanol–water partition coefficient (Wildman–Crippen LogP) is 6.03. The van der Waals surface area contributed by atoms with Crippen molar-refractivity contribution in [1.29, 1.82) is 0 Å². The quantitative estimate of drug-likeness (QED) is 0.365. The normalized spacial score (nSPS) is 10.9. The van der Waals surface area contributed by atoms with Crippen LogP contribution < -0.4 is 10.4 Å². The van der Waals surface area contributed by atoms with Crippen molar-refractivity contribution in [2.45, 2.75) is 53.1 Å². The summed E-state index contributed by atoms with van der Waals surface area (Å²) in [7, 11) is 9.11. The van der Waals surface area contributed by atoms with E-state index >= 15 is 0 Å². The van der Waals surface area contributed by atoms with Crippen LogP contribution in [0, 0.1) is 0 Å². The van der Waals surface area contributed by atoms with Crippen molar-refractivity contribution >= 4 is 46.8 Å². The van der Waals surface area contributed by atoms with Crippen molar-refractivity contribution < 1.29 is 18.9 Å². The van der Waals surface area contributed by atoms with Crippen LogP contribution in [0.1, 0.15) is 13.8 Å². The van der Waals surface area contributed by atoms with Crippen molar-refractivity contribution in [1.82, 2.24) is 0 Å². The minimum absolute atomic E-state index is 0.981. The molecule has 5 heteroatoms. The minimum atomic E-state index is -1.84. The van der Waals surface area contributed by atoms with Crippen LogP contribution in [0.3, 0.4) is 0 Å². The van der Waals surface area contributed by atoms with E-state index in [0.717, 1.165) is 0 Å². The Bertz CT molecular complexity index is 524. The van der Waals surface area contributed by atoms with E-state index in [1.807, 2.05) is 13.8 Å². The van der Waals surface area contributed by atoms with Crippen LogP contribution in [0.25, 0.3) is 0 Å². The molecule has 0 aliphatic carbocycles. The molecule has 0 radical (unpaired) electrons. The number of rotatable bonds is 2. The molecule has 0 spiro atoms. The largest absolute Gasteiger partial charge is 0.212 e. The minimum Gasteiger partial charge on any atom is -0.212 e. The van der Waals surface area contributed by atoms with Gasteiger partial charge in [-0.3, -0.25) is 0 Å². The Kier molecular flexibility index (Phi) is 11.5. The van der Waals surface area contributed by atoms with Crippen LogP contribution in [-0.4, -0.2) is 19.4 Å². The van der Waals surface area contributed by atoms with Gasteiger partial charge in [0.2, 0.25) is 0 Å². The average molecular weight is 479 g/mol. The maximum atomic E-state index is 5.54. The molecule has 0 heterocycles. The smallest absolute Gasteiger partial charge is 0.00392 e. The Labute approximate surface area is 166 Å². The van der Waals surface area contributed by atoms with Gasteiger partial charge in [0.05, 0.1) is 0 Å². The maximum Gasteiger partial charge on any atom is 0.00392 e. The van der Waals surface area contributed by atoms with Gasteiger partial charge >= 0.3 is 53.0 Å². The summed E-state index contributed by atoms with van der Waals surface area (Å²) in [6.07, 6.45) is 0. The van der Waals surface area contributed by atoms with E-state index in [4.69, 9.17) is 17.0 Å². The molecule has 24 heavy (non-hydrogen) atoms. The van der Waals surface area contributed by atoms with Crippen LogP contribution >= 0.6 is 17.0 Å². The van der Waals surface area contributed by atoms with Gasteiger partial charge in [-0.15, -0.1) is 0 Å². The van der Waals surface area contributed by atoms with Crippen molar-refractivity contribution in [3.63, 3.8) is 0 Å². The van der Waals surface area contributed by atoms with Gasteiger partial charge in [0.1, 0.15) is 0 Å². The summed E-state index contributed by atoms with van der Waals surface area (Å²) in [5.41, 5.74) is 0. The monoisotopic (exact) mass is 476 g/mol. The molecule has 0 nitrogen and oxygen atoms in total. The standard InChI is InChI=1S/2C8H13Si.C3H6.2ClH.Zr/c2*1-9(2,3)8-6-4-5-7-8;1-3-2;;;/h2*4-7H,1-3H3;1-2H3;2*1H;/q2*-1;;;;+2/p-2. The van der Waals surface area contributed by atoms with Crippen LogP contribution in [0.4, 0.5) is 0 Å². The van der Waals surface area contributed by atoms with Crippen LogP contribution in [0.5, 0.6) is 0 Å². The van der Waals surface area contributed by atoms with E-state index in [2.05, 4.69) is 87.8 Å². The molecule has 0 amide bonds. The third kappa shape index (κ3) is 11.2. The SMILES string of the molecule is C[C](C)=[Zr]([Cl])[Cl].C[Si](C)(C)c1cc[cH-]c1.C[Si](C)(C)c1cc[cH-]c1. The first-order valence-electron chi connectivity index (χ1n) is 8.28. The molecule has 0 atom stereocenters.